The number of fused-ring (bicyclic) bond motifs is 1. The van der Waals surface area contributed by atoms with Crippen molar-refractivity contribution in [2.75, 3.05) is 12.4 Å². The van der Waals surface area contributed by atoms with Gasteiger partial charge in [-0.3, -0.25) is 14.5 Å². The Morgan fingerprint density at radius 2 is 2.07 bits per heavy atom. The molecule has 8 nitrogen and oxygen atoms in total. The Bertz CT molecular complexity index is 1220. The molecule has 1 unspecified atom stereocenters. The number of anilines is 1. The minimum Gasteiger partial charge on any atom is -0.369 e. The number of carbonyl (C=O) groups excluding carboxylic acids is 2. The number of amides is 2. The van der Waals surface area contributed by atoms with Crippen molar-refractivity contribution >= 4 is 29.0 Å². The van der Waals surface area contributed by atoms with Gasteiger partial charge in [-0.15, -0.1) is 0 Å². The molecule has 0 spiro atoms. The van der Waals surface area contributed by atoms with Crippen LogP contribution in [0, 0.1) is 12.7 Å². The van der Waals surface area contributed by atoms with E-state index in [4.69, 9.17) is 5.73 Å². The van der Waals surface area contributed by atoms with Gasteiger partial charge < -0.3 is 15.5 Å². The van der Waals surface area contributed by atoms with E-state index in [0.717, 1.165) is 11.1 Å². The van der Waals surface area contributed by atoms with E-state index < -0.39 is 17.3 Å². The number of hydrogen-bond donors (Lipinski definition) is 2. The van der Waals surface area contributed by atoms with Crippen LogP contribution in [0.3, 0.4) is 0 Å². The van der Waals surface area contributed by atoms with Crippen molar-refractivity contribution < 1.29 is 14.0 Å². The summed E-state index contributed by atoms with van der Waals surface area (Å²) in [5, 5.41) is 2.73. The molecule has 154 valence electrons. The molecule has 1 atom stereocenters. The Labute approximate surface area is 172 Å². The van der Waals surface area contributed by atoms with Crippen LogP contribution in [0.15, 0.2) is 47.8 Å². The molecule has 0 fully saturated rings. The van der Waals surface area contributed by atoms with Gasteiger partial charge >= 0.3 is 0 Å². The van der Waals surface area contributed by atoms with Gasteiger partial charge in [-0.05, 0) is 49.7 Å². The van der Waals surface area contributed by atoms with E-state index in [0.29, 0.717) is 5.69 Å². The molecule has 9 heteroatoms. The Balaban J connectivity index is 1.64. The molecular weight excluding hydrogens is 387 g/mol. The average molecular weight is 408 g/mol. The number of benzene rings is 1. The van der Waals surface area contributed by atoms with E-state index in [9.17, 15) is 14.0 Å². The number of hydrogen-bond acceptors (Lipinski definition) is 5. The predicted octanol–water partition coefficient (Wildman–Crippen LogP) is 2.43. The lowest BCUT2D eigenvalue weighted by Gasteiger charge is -2.34. The van der Waals surface area contributed by atoms with Gasteiger partial charge in [-0.25, -0.2) is 14.4 Å². The third-order valence-electron chi connectivity index (χ3n) is 5.23. The number of halogens is 1. The molecular formula is C21H21FN6O2. The third-order valence-corrected chi connectivity index (χ3v) is 5.23. The zero-order valence-electron chi connectivity index (χ0n) is 16.8. The summed E-state index contributed by atoms with van der Waals surface area (Å²) in [6.45, 7) is 3.59. The van der Waals surface area contributed by atoms with Crippen LogP contribution in [0.4, 0.5) is 10.1 Å². The molecule has 1 aromatic carbocycles. The van der Waals surface area contributed by atoms with Gasteiger partial charge in [0.15, 0.2) is 5.96 Å². The molecule has 0 radical (unpaired) electrons. The van der Waals surface area contributed by atoms with Crippen LogP contribution in [-0.2, 0) is 10.3 Å². The van der Waals surface area contributed by atoms with Crippen molar-refractivity contribution in [2.24, 2.45) is 10.7 Å². The van der Waals surface area contributed by atoms with Gasteiger partial charge in [0.2, 0.25) is 5.91 Å². The maximum Gasteiger partial charge on any atom is 0.274 e. The summed E-state index contributed by atoms with van der Waals surface area (Å²) >= 11 is 0. The fourth-order valence-electron chi connectivity index (χ4n) is 3.56. The first kappa shape index (κ1) is 19.6. The van der Waals surface area contributed by atoms with Crippen molar-refractivity contribution in [2.45, 2.75) is 25.8 Å². The molecule has 1 aliphatic heterocycles. The molecule has 0 saturated heterocycles. The predicted molar refractivity (Wildman–Crippen MR) is 111 cm³/mol. The second-order valence-corrected chi connectivity index (χ2v) is 7.65. The molecule has 3 N–H and O–H groups in total. The van der Waals surface area contributed by atoms with Crippen LogP contribution < -0.4 is 11.1 Å². The van der Waals surface area contributed by atoms with Gasteiger partial charge in [0.25, 0.3) is 5.91 Å². The molecule has 0 saturated carbocycles. The number of guanidine groups is 1. The van der Waals surface area contributed by atoms with Crippen molar-refractivity contribution in [1.82, 2.24) is 14.3 Å². The number of aliphatic imine (C=N–C) groups is 1. The second-order valence-electron chi connectivity index (χ2n) is 7.65. The molecule has 4 rings (SSSR count). The summed E-state index contributed by atoms with van der Waals surface area (Å²) in [6, 6.07) is 7.77. The Hall–Kier alpha value is -3.75. The summed E-state index contributed by atoms with van der Waals surface area (Å²) in [7, 11) is 1.52. The standard InChI is InChI=1S/C21H21FN6O2/c1-12-6-14-8-17(24-11-28(14)10-12)19(30)25-13-4-5-16(22)15(7-13)21(2)9-18(29)27(3)20(23)26-21/h4-8,10-11H,9H2,1-3H3,(H2,23,26)(H,25,30). The average Bonchev–Trinajstić information content (AvgIpc) is 3.06. The lowest BCUT2D eigenvalue weighted by atomic mass is 9.87. The van der Waals surface area contributed by atoms with Crippen LogP contribution in [0.5, 0.6) is 0 Å². The number of aromatic nitrogens is 2. The molecule has 0 bridgehead atoms. The van der Waals surface area contributed by atoms with Crippen molar-refractivity contribution in [3.05, 3.63) is 65.5 Å². The van der Waals surface area contributed by atoms with E-state index >= 15 is 0 Å². The first-order valence-corrected chi connectivity index (χ1v) is 9.34. The molecule has 30 heavy (non-hydrogen) atoms. The van der Waals surface area contributed by atoms with E-state index in [-0.39, 0.29) is 29.5 Å². The summed E-state index contributed by atoms with van der Waals surface area (Å²) in [5.41, 5.74) is 7.33. The summed E-state index contributed by atoms with van der Waals surface area (Å²) in [6.07, 6.45) is 3.44. The van der Waals surface area contributed by atoms with E-state index in [1.54, 1.807) is 19.3 Å². The van der Waals surface area contributed by atoms with E-state index in [2.05, 4.69) is 15.3 Å². The maximum atomic E-state index is 14.6. The number of nitrogens with two attached hydrogens (primary N) is 1. The number of nitrogens with zero attached hydrogens (tertiary/aromatic N) is 4. The zero-order chi connectivity index (χ0) is 21.6. The fourth-order valence-corrected chi connectivity index (χ4v) is 3.56. The highest BCUT2D eigenvalue weighted by Gasteiger charge is 2.38. The van der Waals surface area contributed by atoms with Crippen LogP contribution >= 0.6 is 0 Å². The number of carbonyl (C=O) groups is 2. The first-order valence-electron chi connectivity index (χ1n) is 9.34. The Kier molecular flexibility index (Phi) is 4.53. The SMILES string of the molecule is Cc1cc2cc(C(=O)Nc3ccc(F)c(C4(C)CC(=O)N(C)C(N)=N4)c3)ncn2c1. The molecule has 2 aromatic heterocycles. The lowest BCUT2D eigenvalue weighted by Crippen LogP contribution is -2.47. The summed E-state index contributed by atoms with van der Waals surface area (Å²) in [5.74, 6) is -1.21. The number of nitrogens with one attached hydrogen (secondary N) is 1. The zero-order valence-corrected chi connectivity index (χ0v) is 16.8. The molecule has 0 aliphatic carbocycles. The van der Waals surface area contributed by atoms with Crippen LogP contribution in [0.25, 0.3) is 5.52 Å². The summed E-state index contributed by atoms with van der Waals surface area (Å²) < 4.78 is 16.4. The third kappa shape index (κ3) is 3.38. The molecule has 3 heterocycles. The molecule has 3 aromatic rings. The van der Waals surface area contributed by atoms with Crippen LogP contribution in [0.2, 0.25) is 0 Å². The molecule has 2 amide bonds. The quantitative estimate of drug-likeness (QED) is 0.694. The lowest BCUT2D eigenvalue weighted by molar-refractivity contribution is -0.128. The molecule has 1 aliphatic rings. The first-order chi connectivity index (χ1) is 14.2. The second kappa shape index (κ2) is 6.94. The Morgan fingerprint density at radius 3 is 2.80 bits per heavy atom. The van der Waals surface area contributed by atoms with Gasteiger partial charge in [0.1, 0.15) is 11.5 Å². The van der Waals surface area contributed by atoms with Crippen molar-refractivity contribution in [3.63, 3.8) is 0 Å². The van der Waals surface area contributed by atoms with Crippen LogP contribution in [-0.4, -0.2) is 39.1 Å². The van der Waals surface area contributed by atoms with Crippen molar-refractivity contribution in [3.8, 4) is 0 Å². The number of aryl methyl sites for hydroxylation is 1. The van der Waals surface area contributed by atoms with Crippen LogP contribution in [0.1, 0.15) is 35.0 Å². The fraction of sp³-hybridized carbons (Fsp3) is 0.238. The number of rotatable bonds is 3. The minimum atomic E-state index is -1.17. The maximum absolute atomic E-state index is 14.6. The smallest absolute Gasteiger partial charge is 0.274 e. The van der Waals surface area contributed by atoms with Gasteiger partial charge in [-0.1, -0.05) is 0 Å². The monoisotopic (exact) mass is 408 g/mol. The normalized spacial score (nSPS) is 19.1. The highest BCUT2D eigenvalue weighted by atomic mass is 19.1. The topological polar surface area (TPSA) is 105 Å². The van der Waals surface area contributed by atoms with Gasteiger partial charge in [-0.2, -0.15) is 0 Å². The summed E-state index contributed by atoms with van der Waals surface area (Å²) in [4.78, 5) is 34.6. The van der Waals surface area contributed by atoms with E-state index in [1.165, 1.54) is 30.1 Å². The Morgan fingerprint density at radius 1 is 1.30 bits per heavy atom. The van der Waals surface area contributed by atoms with Crippen molar-refractivity contribution in [1.29, 1.82) is 0 Å². The highest BCUT2D eigenvalue weighted by Crippen LogP contribution is 2.35. The largest absolute Gasteiger partial charge is 0.369 e. The van der Waals surface area contributed by atoms with Gasteiger partial charge in [0.05, 0.1) is 18.3 Å². The van der Waals surface area contributed by atoms with Gasteiger partial charge in [0, 0.05) is 30.0 Å². The minimum absolute atomic E-state index is 0.0163. The highest BCUT2D eigenvalue weighted by molar-refractivity contribution is 6.03. The van der Waals surface area contributed by atoms with E-state index in [1.807, 2.05) is 23.6 Å².